The Morgan fingerprint density at radius 2 is 1.40 bits per heavy atom. The average Bonchev–Trinajstić information content (AvgIpc) is 2.98. The first-order chi connectivity index (χ1) is 19.3. The zero-order valence-corrected chi connectivity index (χ0v) is 23.9. The van der Waals surface area contributed by atoms with Gasteiger partial charge in [0, 0.05) is 31.1 Å². The van der Waals surface area contributed by atoms with Gasteiger partial charge < -0.3 is 27.0 Å². The number of rotatable bonds is 10. The molecule has 1 aromatic carbocycles. The van der Waals surface area contributed by atoms with Crippen molar-refractivity contribution in [2.75, 3.05) is 19.6 Å². The van der Waals surface area contributed by atoms with Gasteiger partial charge in [0.1, 0.15) is 11.9 Å². The minimum absolute atomic E-state index is 0.00281. The van der Waals surface area contributed by atoms with Crippen molar-refractivity contribution in [1.29, 1.82) is 10.8 Å². The fourth-order valence-corrected chi connectivity index (χ4v) is 6.94. The molecule has 2 aliphatic carbocycles. The Morgan fingerprint density at radius 1 is 0.825 bits per heavy atom. The van der Waals surface area contributed by atoms with Gasteiger partial charge in [-0.05, 0) is 68.3 Å². The highest BCUT2D eigenvalue weighted by molar-refractivity contribution is 5.95. The molecule has 2 atom stereocenters. The summed E-state index contributed by atoms with van der Waals surface area (Å²) in [6, 6.07) is 7.15. The lowest BCUT2D eigenvalue weighted by atomic mass is 9.76. The van der Waals surface area contributed by atoms with E-state index in [-0.39, 0.29) is 35.4 Å². The summed E-state index contributed by atoms with van der Waals surface area (Å²) in [7, 11) is 0. The molecule has 9 nitrogen and oxygen atoms in total. The van der Waals surface area contributed by atoms with Crippen LogP contribution in [0.5, 0.6) is 0 Å². The molecular formula is C31H49N7O2. The van der Waals surface area contributed by atoms with Crippen LogP contribution in [0.15, 0.2) is 24.3 Å². The van der Waals surface area contributed by atoms with Gasteiger partial charge >= 0.3 is 0 Å². The van der Waals surface area contributed by atoms with Gasteiger partial charge in [-0.3, -0.25) is 20.4 Å². The Morgan fingerprint density at radius 3 is 1.95 bits per heavy atom. The Balaban J connectivity index is 1.44. The van der Waals surface area contributed by atoms with Gasteiger partial charge in [-0.15, -0.1) is 0 Å². The summed E-state index contributed by atoms with van der Waals surface area (Å²) < 4.78 is 0. The van der Waals surface area contributed by atoms with Gasteiger partial charge in [0.05, 0.1) is 0 Å². The van der Waals surface area contributed by atoms with E-state index in [0.717, 1.165) is 82.9 Å². The van der Waals surface area contributed by atoms with Gasteiger partial charge in [0.15, 0.2) is 5.96 Å². The molecule has 1 unspecified atom stereocenters. The van der Waals surface area contributed by atoms with E-state index < -0.39 is 6.04 Å². The number of carbonyl (C=O) groups is 2. The Hall–Kier alpha value is -3.10. The molecule has 220 valence electrons. The second-order valence-corrected chi connectivity index (χ2v) is 12.3. The third-order valence-electron chi connectivity index (χ3n) is 9.50. The predicted octanol–water partition coefficient (Wildman–Crippen LogP) is 3.50. The summed E-state index contributed by atoms with van der Waals surface area (Å²) in [6.45, 7) is 2.09. The summed E-state index contributed by atoms with van der Waals surface area (Å²) in [6.07, 6.45) is 13.3. The fraction of sp³-hybridized carbons (Fsp3) is 0.677. The van der Waals surface area contributed by atoms with Crippen molar-refractivity contribution in [2.45, 2.75) is 89.5 Å². The summed E-state index contributed by atoms with van der Waals surface area (Å²) in [5.41, 5.74) is 13.0. The van der Waals surface area contributed by atoms with Crippen LogP contribution in [0.3, 0.4) is 0 Å². The first-order valence-corrected chi connectivity index (χ1v) is 15.4. The van der Waals surface area contributed by atoms with Crippen molar-refractivity contribution in [1.82, 2.24) is 15.5 Å². The number of likely N-dealkylation sites (tertiary alicyclic amines) is 1. The number of nitrogens with zero attached hydrogens (tertiary/aromatic N) is 1. The summed E-state index contributed by atoms with van der Waals surface area (Å²) in [5, 5.41) is 21.8. The molecule has 1 aromatic rings. The highest BCUT2D eigenvalue weighted by Gasteiger charge is 2.36. The molecule has 8 N–H and O–H groups in total. The molecule has 4 rings (SSSR count). The molecule has 1 heterocycles. The maximum absolute atomic E-state index is 14.0. The molecule has 0 aromatic heterocycles. The van der Waals surface area contributed by atoms with Crippen molar-refractivity contribution in [3.8, 4) is 0 Å². The lowest BCUT2D eigenvalue weighted by Crippen LogP contribution is -2.54. The quantitative estimate of drug-likeness (QED) is 0.193. The van der Waals surface area contributed by atoms with Crippen LogP contribution in [-0.2, 0) is 16.0 Å². The predicted molar refractivity (Wildman–Crippen MR) is 159 cm³/mol. The third kappa shape index (κ3) is 8.21. The maximum atomic E-state index is 14.0. The zero-order valence-electron chi connectivity index (χ0n) is 23.9. The molecule has 2 saturated carbocycles. The first kappa shape index (κ1) is 29.9. The van der Waals surface area contributed by atoms with Gasteiger partial charge in [0.2, 0.25) is 11.8 Å². The third-order valence-corrected chi connectivity index (χ3v) is 9.50. The van der Waals surface area contributed by atoms with Crippen LogP contribution >= 0.6 is 0 Å². The largest absolute Gasteiger partial charge is 0.384 e. The number of hydrogen-bond acceptors (Lipinski definition) is 4. The molecule has 0 bridgehead atoms. The standard InChI is InChI=1S/C31H49N7O2/c32-28(33)25-13-11-21(12-14-25)19-26(23-7-3-1-4-8-23)29(39)37-27(24-9-5-2-6-10-24)30(40)36-20-22-15-17-38(18-16-22)31(34)35/h11-14,22-24,26-27H,1-10,15-20H2,(H3,32,33)(H3,34,35)(H,36,40)(H,37,39)/t26?,27-/m0/s1. The number of guanidine groups is 1. The number of nitrogens with two attached hydrogens (primary N) is 2. The smallest absolute Gasteiger partial charge is 0.242 e. The molecule has 2 amide bonds. The SMILES string of the molecule is N=C(N)c1ccc(CC(C(=O)N[C@H](C(=O)NCC2CCN(C(=N)N)CC2)C2CCCCC2)C2CCCCC2)cc1. The molecule has 9 heteroatoms. The van der Waals surface area contributed by atoms with E-state index in [1.54, 1.807) is 0 Å². The van der Waals surface area contributed by atoms with Crippen molar-refractivity contribution < 1.29 is 9.59 Å². The Bertz CT molecular complexity index is 1010. The average molecular weight is 552 g/mol. The van der Waals surface area contributed by atoms with Crippen LogP contribution in [0.2, 0.25) is 0 Å². The molecule has 3 aliphatic rings. The van der Waals surface area contributed by atoms with E-state index >= 15 is 0 Å². The number of nitrogens with one attached hydrogen (secondary N) is 4. The molecule has 0 radical (unpaired) electrons. The van der Waals surface area contributed by atoms with Crippen molar-refractivity contribution >= 4 is 23.6 Å². The lowest BCUT2D eigenvalue weighted by Gasteiger charge is -2.35. The topological polar surface area (TPSA) is 161 Å². The van der Waals surface area contributed by atoms with Crippen LogP contribution < -0.4 is 22.1 Å². The molecule has 1 saturated heterocycles. The van der Waals surface area contributed by atoms with Crippen molar-refractivity contribution in [2.24, 2.45) is 35.1 Å². The van der Waals surface area contributed by atoms with E-state index in [1.165, 1.54) is 12.8 Å². The number of benzene rings is 1. The first-order valence-electron chi connectivity index (χ1n) is 15.4. The Labute approximate surface area is 239 Å². The number of carbonyl (C=O) groups excluding carboxylic acids is 2. The highest BCUT2D eigenvalue weighted by atomic mass is 16.2. The molecule has 40 heavy (non-hydrogen) atoms. The monoisotopic (exact) mass is 551 g/mol. The van der Waals surface area contributed by atoms with Gasteiger partial charge in [-0.25, -0.2) is 0 Å². The van der Waals surface area contributed by atoms with Crippen molar-refractivity contribution in [3.63, 3.8) is 0 Å². The number of hydrogen-bond donors (Lipinski definition) is 6. The number of amides is 2. The second kappa shape index (κ2) is 14.5. The van der Waals surface area contributed by atoms with Crippen LogP contribution in [-0.4, -0.2) is 54.2 Å². The number of amidine groups is 1. The van der Waals surface area contributed by atoms with E-state index in [9.17, 15) is 9.59 Å². The molecular weight excluding hydrogens is 502 g/mol. The van der Waals surface area contributed by atoms with E-state index in [2.05, 4.69) is 10.6 Å². The summed E-state index contributed by atoms with van der Waals surface area (Å²) in [4.78, 5) is 29.5. The summed E-state index contributed by atoms with van der Waals surface area (Å²) in [5.74, 6) is 0.754. The number of nitrogen functional groups attached to an aromatic ring is 1. The van der Waals surface area contributed by atoms with Gasteiger partial charge in [-0.2, -0.15) is 0 Å². The highest BCUT2D eigenvalue weighted by Crippen LogP contribution is 2.33. The van der Waals surface area contributed by atoms with Crippen LogP contribution in [0, 0.1) is 34.5 Å². The zero-order chi connectivity index (χ0) is 28.5. The fourth-order valence-electron chi connectivity index (χ4n) is 6.94. The van der Waals surface area contributed by atoms with E-state index in [1.807, 2.05) is 29.2 Å². The van der Waals surface area contributed by atoms with Crippen LogP contribution in [0.1, 0.15) is 88.2 Å². The Kier molecular flexibility index (Phi) is 10.8. The van der Waals surface area contributed by atoms with E-state index in [0.29, 0.717) is 30.4 Å². The van der Waals surface area contributed by atoms with Crippen molar-refractivity contribution in [3.05, 3.63) is 35.4 Å². The van der Waals surface area contributed by atoms with Gasteiger partial charge in [-0.1, -0.05) is 62.8 Å². The number of piperidine rings is 1. The van der Waals surface area contributed by atoms with Crippen LogP contribution in [0.4, 0.5) is 0 Å². The normalized spacial score (nSPS) is 20.9. The lowest BCUT2D eigenvalue weighted by molar-refractivity contribution is -0.134. The summed E-state index contributed by atoms with van der Waals surface area (Å²) >= 11 is 0. The van der Waals surface area contributed by atoms with Crippen LogP contribution in [0.25, 0.3) is 0 Å². The maximum Gasteiger partial charge on any atom is 0.242 e. The molecule has 1 aliphatic heterocycles. The van der Waals surface area contributed by atoms with E-state index in [4.69, 9.17) is 22.3 Å². The molecule has 3 fully saturated rings. The second-order valence-electron chi connectivity index (χ2n) is 12.3. The van der Waals surface area contributed by atoms with Gasteiger partial charge in [0.25, 0.3) is 0 Å². The minimum Gasteiger partial charge on any atom is -0.384 e. The minimum atomic E-state index is -0.503. The molecule has 0 spiro atoms.